The van der Waals surface area contributed by atoms with Crippen molar-refractivity contribution in [2.45, 2.75) is 12.3 Å². The molecule has 0 heterocycles. The van der Waals surface area contributed by atoms with Crippen LogP contribution in [0.1, 0.15) is 11.1 Å². The highest BCUT2D eigenvalue weighted by atomic mass is 19.4. The summed E-state index contributed by atoms with van der Waals surface area (Å²) in [5.74, 6) is -1.07. The van der Waals surface area contributed by atoms with Crippen LogP contribution < -0.4 is 9.47 Å². The summed E-state index contributed by atoms with van der Waals surface area (Å²) < 4.78 is 78.6. The number of carboxylic acid groups (broad SMARTS) is 1. The standard InChI is InChI=1S/C20H17F5O5/c21-19(22,23)13-28-11-12-29-16-6-8-17(9-7-16)30-20(24,25)15-4-1-14(2-5-15)3-10-18(26)27/h1-10H,11-13H2,(H,26,27)/b10-3+. The molecule has 0 aliphatic carbocycles. The summed E-state index contributed by atoms with van der Waals surface area (Å²) in [6.45, 7) is -1.81. The van der Waals surface area contributed by atoms with E-state index in [0.717, 1.165) is 18.2 Å². The largest absolute Gasteiger partial charge is 0.491 e. The lowest BCUT2D eigenvalue weighted by Gasteiger charge is -2.18. The highest BCUT2D eigenvalue weighted by molar-refractivity contribution is 5.85. The van der Waals surface area contributed by atoms with Gasteiger partial charge < -0.3 is 19.3 Å². The average Bonchev–Trinajstić information content (AvgIpc) is 2.66. The zero-order valence-electron chi connectivity index (χ0n) is 15.4. The van der Waals surface area contributed by atoms with E-state index in [4.69, 9.17) is 14.6 Å². The molecule has 0 atom stereocenters. The Morgan fingerprint density at radius 1 is 0.900 bits per heavy atom. The average molecular weight is 432 g/mol. The molecule has 0 fully saturated rings. The van der Waals surface area contributed by atoms with Gasteiger partial charge in [-0.05, 0) is 48.0 Å². The predicted molar refractivity (Wildman–Crippen MR) is 96.4 cm³/mol. The fourth-order valence-corrected chi connectivity index (χ4v) is 2.17. The summed E-state index contributed by atoms with van der Waals surface area (Å²) in [6, 6.07) is 9.98. The normalized spacial score (nSPS) is 12.2. The highest BCUT2D eigenvalue weighted by Crippen LogP contribution is 2.32. The van der Waals surface area contributed by atoms with Gasteiger partial charge in [0, 0.05) is 6.08 Å². The maximum atomic E-state index is 14.3. The molecular weight excluding hydrogens is 415 g/mol. The Morgan fingerprint density at radius 2 is 1.50 bits per heavy atom. The van der Waals surface area contributed by atoms with Gasteiger partial charge in [-0.2, -0.15) is 22.0 Å². The third-order valence-electron chi connectivity index (χ3n) is 3.50. The zero-order chi connectivity index (χ0) is 22.2. The highest BCUT2D eigenvalue weighted by Gasteiger charge is 2.34. The van der Waals surface area contributed by atoms with Crippen LogP contribution in [0.2, 0.25) is 0 Å². The van der Waals surface area contributed by atoms with E-state index in [1.807, 2.05) is 0 Å². The molecule has 2 rings (SSSR count). The molecule has 2 aromatic rings. The first-order chi connectivity index (χ1) is 14.0. The Kier molecular flexibility index (Phi) is 7.76. The van der Waals surface area contributed by atoms with E-state index in [-0.39, 0.29) is 24.7 Å². The second-order valence-electron chi connectivity index (χ2n) is 5.90. The van der Waals surface area contributed by atoms with Crippen molar-refractivity contribution in [3.63, 3.8) is 0 Å². The number of ether oxygens (including phenoxy) is 3. The van der Waals surface area contributed by atoms with E-state index in [0.29, 0.717) is 5.56 Å². The number of alkyl halides is 5. The van der Waals surface area contributed by atoms with Crippen molar-refractivity contribution in [2.24, 2.45) is 0 Å². The van der Waals surface area contributed by atoms with E-state index < -0.39 is 30.4 Å². The van der Waals surface area contributed by atoms with Crippen molar-refractivity contribution >= 4 is 12.0 Å². The summed E-state index contributed by atoms with van der Waals surface area (Å²) in [6.07, 6.45) is -5.92. The lowest BCUT2D eigenvalue weighted by molar-refractivity contribution is -0.185. The van der Waals surface area contributed by atoms with Gasteiger partial charge in [0.05, 0.1) is 12.2 Å². The molecule has 162 valence electrons. The molecule has 10 heteroatoms. The summed E-state index contributed by atoms with van der Waals surface area (Å²) in [5.41, 5.74) is -0.00483. The molecule has 0 radical (unpaired) electrons. The van der Waals surface area contributed by atoms with Gasteiger partial charge in [0.15, 0.2) is 0 Å². The number of hydrogen-bond acceptors (Lipinski definition) is 4. The van der Waals surface area contributed by atoms with Crippen LogP contribution >= 0.6 is 0 Å². The predicted octanol–water partition coefficient (Wildman–Crippen LogP) is 4.87. The molecule has 1 N–H and O–H groups in total. The molecule has 2 aromatic carbocycles. The maximum Gasteiger partial charge on any atom is 0.426 e. The van der Waals surface area contributed by atoms with Crippen LogP contribution in [0.3, 0.4) is 0 Å². The Bertz CT molecular complexity index is 845. The number of rotatable bonds is 10. The van der Waals surface area contributed by atoms with E-state index >= 15 is 0 Å². The first-order valence-corrected chi connectivity index (χ1v) is 8.51. The van der Waals surface area contributed by atoms with Gasteiger partial charge in [-0.3, -0.25) is 0 Å². The Morgan fingerprint density at radius 3 is 2.07 bits per heavy atom. The third kappa shape index (κ3) is 8.08. The first-order valence-electron chi connectivity index (χ1n) is 8.51. The summed E-state index contributed by atoms with van der Waals surface area (Å²) in [4.78, 5) is 10.5. The molecule has 0 spiro atoms. The van der Waals surface area contributed by atoms with Crippen LogP contribution in [0.15, 0.2) is 54.6 Å². The summed E-state index contributed by atoms with van der Waals surface area (Å²) >= 11 is 0. The second kappa shape index (κ2) is 10.1. The maximum absolute atomic E-state index is 14.3. The molecule has 0 saturated carbocycles. The monoisotopic (exact) mass is 432 g/mol. The Labute approximate surface area is 168 Å². The van der Waals surface area contributed by atoms with Crippen molar-refractivity contribution in [1.82, 2.24) is 0 Å². The lowest BCUT2D eigenvalue weighted by Crippen LogP contribution is -2.21. The van der Waals surface area contributed by atoms with Gasteiger partial charge in [-0.1, -0.05) is 12.1 Å². The van der Waals surface area contributed by atoms with Crippen molar-refractivity contribution in [2.75, 3.05) is 19.8 Å². The van der Waals surface area contributed by atoms with E-state index in [1.165, 1.54) is 42.5 Å². The molecule has 5 nitrogen and oxygen atoms in total. The van der Waals surface area contributed by atoms with Crippen molar-refractivity contribution in [1.29, 1.82) is 0 Å². The second-order valence-corrected chi connectivity index (χ2v) is 5.90. The van der Waals surface area contributed by atoms with Crippen LogP contribution in [-0.4, -0.2) is 37.1 Å². The Hall–Kier alpha value is -3.14. The molecule has 0 aromatic heterocycles. The molecular formula is C20H17F5O5. The topological polar surface area (TPSA) is 65.0 Å². The summed E-state index contributed by atoms with van der Waals surface area (Å²) in [7, 11) is 0. The minimum atomic E-state index is -4.42. The molecule has 0 unspecified atom stereocenters. The minimum absolute atomic E-state index is 0.144. The molecule has 0 saturated heterocycles. The minimum Gasteiger partial charge on any atom is -0.491 e. The lowest BCUT2D eigenvalue weighted by atomic mass is 10.1. The van der Waals surface area contributed by atoms with Crippen molar-refractivity contribution in [3.05, 3.63) is 65.7 Å². The van der Waals surface area contributed by atoms with Crippen molar-refractivity contribution in [3.8, 4) is 11.5 Å². The van der Waals surface area contributed by atoms with Crippen LogP contribution in [0, 0.1) is 0 Å². The zero-order valence-corrected chi connectivity index (χ0v) is 15.4. The van der Waals surface area contributed by atoms with Gasteiger partial charge in [-0.25, -0.2) is 4.79 Å². The van der Waals surface area contributed by atoms with Gasteiger partial charge in [0.1, 0.15) is 24.7 Å². The molecule has 0 bridgehead atoms. The van der Waals surface area contributed by atoms with Crippen LogP contribution in [-0.2, 0) is 15.6 Å². The fraction of sp³-hybridized carbons (Fsp3) is 0.250. The van der Waals surface area contributed by atoms with Gasteiger partial charge >= 0.3 is 18.3 Å². The molecule has 0 aliphatic heterocycles. The number of halogens is 5. The SMILES string of the molecule is O=C(O)/C=C/c1ccc(C(F)(F)Oc2ccc(OCCOCC(F)(F)F)cc2)cc1. The third-order valence-corrected chi connectivity index (χ3v) is 3.50. The van der Waals surface area contributed by atoms with Gasteiger partial charge in [0.2, 0.25) is 0 Å². The number of carboxylic acids is 1. The van der Waals surface area contributed by atoms with Crippen LogP contribution in [0.5, 0.6) is 11.5 Å². The van der Waals surface area contributed by atoms with Crippen LogP contribution in [0.25, 0.3) is 6.08 Å². The number of carbonyl (C=O) groups is 1. The van der Waals surface area contributed by atoms with Crippen molar-refractivity contribution < 1.29 is 46.1 Å². The van der Waals surface area contributed by atoms with Gasteiger partial charge in [0.25, 0.3) is 0 Å². The summed E-state index contributed by atoms with van der Waals surface area (Å²) in [5, 5.41) is 8.56. The number of benzene rings is 2. The van der Waals surface area contributed by atoms with E-state index in [2.05, 4.69) is 4.74 Å². The van der Waals surface area contributed by atoms with E-state index in [9.17, 15) is 26.7 Å². The van der Waals surface area contributed by atoms with Crippen LogP contribution in [0.4, 0.5) is 22.0 Å². The Balaban J connectivity index is 1.88. The molecule has 0 aliphatic rings. The number of hydrogen-bond donors (Lipinski definition) is 1. The quantitative estimate of drug-likeness (QED) is 0.330. The number of aliphatic carboxylic acids is 1. The fourth-order valence-electron chi connectivity index (χ4n) is 2.17. The van der Waals surface area contributed by atoms with Gasteiger partial charge in [-0.15, -0.1) is 0 Å². The molecule has 30 heavy (non-hydrogen) atoms. The molecule has 0 amide bonds. The first kappa shape index (κ1) is 23.1. The smallest absolute Gasteiger partial charge is 0.426 e. The van der Waals surface area contributed by atoms with E-state index in [1.54, 1.807) is 0 Å².